The van der Waals surface area contributed by atoms with Crippen LogP contribution in [0.2, 0.25) is 0 Å². The Morgan fingerprint density at radius 2 is 2.16 bits per heavy atom. The van der Waals surface area contributed by atoms with Gasteiger partial charge in [-0.05, 0) is 70.2 Å². The predicted octanol–water partition coefficient (Wildman–Crippen LogP) is 2.22. The van der Waals surface area contributed by atoms with E-state index >= 15 is 0 Å². The fraction of sp³-hybridized carbons (Fsp3) is 0.684. The molecule has 0 radical (unpaired) electrons. The second kappa shape index (κ2) is 9.15. The lowest BCUT2D eigenvalue weighted by Gasteiger charge is -2.33. The van der Waals surface area contributed by atoms with Crippen LogP contribution in [-0.2, 0) is 11.2 Å². The molecule has 1 aromatic rings. The number of likely N-dealkylation sites (tertiary alicyclic amines) is 1. The normalized spacial score (nSPS) is 20.1. The van der Waals surface area contributed by atoms with Gasteiger partial charge in [0.15, 0.2) is 0 Å². The summed E-state index contributed by atoms with van der Waals surface area (Å²) in [5.41, 5.74) is 0.699. The molecule has 1 aromatic heterocycles. The second-order valence-electron chi connectivity index (χ2n) is 7.86. The monoisotopic (exact) mass is 349 g/mol. The molecule has 6 nitrogen and oxygen atoms in total. The molecule has 1 fully saturated rings. The summed E-state index contributed by atoms with van der Waals surface area (Å²) < 4.78 is 5.33. The van der Waals surface area contributed by atoms with Gasteiger partial charge >= 0.3 is 6.09 Å². The largest absolute Gasteiger partial charge is 0.444 e. The molecule has 6 heteroatoms. The summed E-state index contributed by atoms with van der Waals surface area (Å²) in [6, 6.07) is 4.01. The van der Waals surface area contributed by atoms with Gasteiger partial charge in [-0.2, -0.15) is 0 Å². The number of piperidine rings is 1. The summed E-state index contributed by atoms with van der Waals surface area (Å²) in [6.07, 6.45) is 5.70. The zero-order valence-electron chi connectivity index (χ0n) is 15.6. The van der Waals surface area contributed by atoms with Crippen LogP contribution in [-0.4, -0.2) is 59.0 Å². The molecule has 0 aliphatic carbocycles. The average Bonchev–Trinajstić information content (AvgIpc) is 2.52. The quantitative estimate of drug-likeness (QED) is 0.824. The SMILES string of the molecule is CC(C)(C)OC(=O)NCC(Cc1ccncc1)CN1CCCC(O)C1. The van der Waals surface area contributed by atoms with Crippen LogP contribution in [0.1, 0.15) is 39.2 Å². The van der Waals surface area contributed by atoms with E-state index < -0.39 is 5.60 Å². The van der Waals surface area contributed by atoms with Crippen LogP contribution in [0.5, 0.6) is 0 Å². The van der Waals surface area contributed by atoms with E-state index in [1.165, 1.54) is 5.56 Å². The lowest BCUT2D eigenvalue weighted by atomic mass is 9.98. The number of rotatable bonds is 6. The first-order valence-corrected chi connectivity index (χ1v) is 9.08. The van der Waals surface area contributed by atoms with Gasteiger partial charge in [0, 0.05) is 32.0 Å². The summed E-state index contributed by atoms with van der Waals surface area (Å²) >= 11 is 0. The van der Waals surface area contributed by atoms with E-state index in [4.69, 9.17) is 4.74 Å². The fourth-order valence-corrected chi connectivity index (χ4v) is 3.16. The van der Waals surface area contributed by atoms with Gasteiger partial charge in [-0.25, -0.2) is 4.79 Å². The summed E-state index contributed by atoms with van der Waals surface area (Å²) in [4.78, 5) is 18.3. The molecule has 2 rings (SSSR count). The second-order valence-corrected chi connectivity index (χ2v) is 7.86. The Kier molecular flexibility index (Phi) is 7.20. The van der Waals surface area contributed by atoms with E-state index in [0.29, 0.717) is 13.1 Å². The Morgan fingerprint density at radius 3 is 2.80 bits per heavy atom. The van der Waals surface area contributed by atoms with E-state index in [2.05, 4.69) is 15.2 Å². The number of aromatic nitrogens is 1. The van der Waals surface area contributed by atoms with Gasteiger partial charge in [-0.1, -0.05) is 0 Å². The number of alkyl carbamates (subject to hydrolysis) is 1. The number of hydrogen-bond donors (Lipinski definition) is 2. The number of β-amino-alcohol motifs (C(OH)–C–C–N with tert-alkyl or cyclic N) is 1. The molecule has 2 heterocycles. The third-order valence-corrected chi connectivity index (χ3v) is 4.20. The minimum Gasteiger partial charge on any atom is -0.444 e. The number of ether oxygens (including phenoxy) is 1. The molecule has 1 aliphatic rings. The summed E-state index contributed by atoms with van der Waals surface area (Å²) in [5, 5.41) is 12.8. The Bertz CT molecular complexity index is 530. The van der Waals surface area contributed by atoms with Crippen molar-refractivity contribution in [2.45, 2.75) is 51.7 Å². The van der Waals surface area contributed by atoms with Crippen molar-refractivity contribution in [1.82, 2.24) is 15.2 Å². The minimum absolute atomic E-state index is 0.242. The molecule has 1 saturated heterocycles. The lowest BCUT2D eigenvalue weighted by Crippen LogP contribution is -2.44. The molecule has 2 N–H and O–H groups in total. The van der Waals surface area contributed by atoms with Gasteiger partial charge in [0.2, 0.25) is 0 Å². The first-order valence-electron chi connectivity index (χ1n) is 9.08. The number of nitrogens with zero attached hydrogens (tertiary/aromatic N) is 2. The number of carbonyl (C=O) groups is 1. The minimum atomic E-state index is -0.498. The average molecular weight is 349 g/mol. The Labute approximate surface area is 150 Å². The molecule has 140 valence electrons. The van der Waals surface area contributed by atoms with Gasteiger partial charge < -0.3 is 20.1 Å². The third-order valence-electron chi connectivity index (χ3n) is 4.20. The number of hydrogen-bond acceptors (Lipinski definition) is 5. The topological polar surface area (TPSA) is 74.7 Å². The first-order chi connectivity index (χ1) is 11.8. The van der Waals surface area contributed by atoms with Crippen molar-refractivity contribution in [1.29, 1.82) is 0 Å². The van der Waals surface area contributed by atoms with Gasteiger partial charge in [0.1, 0.15) is 5.60 Å². The van der Waals surface area contributed by atoms with Crippen LogP contribution < -0.4 is 5.32 Å². The van der Waals surface area contributed by atoms with Crippen molar-refractivity contribution in [2.24, 2.45) is 5.92 Å². The highest BCUT2D eigenvalue weighted by molar-refractivity contribution is 5.67. The van der Waals surface area contributed by atoms with Crippen LogP contribution in [0, 0.1) is 5.92 Å². The summed E-state index contributed by atoms with van der Waals surface area (Å²) in [5.74, 6) is 0.250. The molecule has 1 amide bonds. The Hall–Kier alpha value is -1.66. The molecule has 1 aliphatic heterocycles. The van der Waals surface area contributed by atoms with Crippen LogP contribution in [0.25, 0.3) is 0 Å². The number of nitrogens with one attached hydrogen (secondary N) is 1. The maximum Gasteiger partial charge on any atom is 0.407 e. The molecule has 0 bridgehead atoms. The molecule has 2 atom stereocenters. The van der Waals surface area contributed by atoms with Crippen LogP contribution in [0.4, 0.5) is 4.79 Å². The van der Waals surface area contributed by atoms with Crippen molar-refractivity contribution in [2.75, 3.05) is 26.2 Å². The van der Waals surface area contributed by atoms with Crippen molar-refractivity contribution in [3.63, 3.8) is 0 Å². The van der Waals surface area contributed by atoms with Crippen molar-refractivity contribution >= 4 is 6.09 Å². The van der Waals surface area contributed by atoms with Crippen LogP contribution in [0.15, 0.2) is 24.5 Å². The smallest absolute Gasteiger partial charge is 0.407 e. The zero-order valence-corrected chi connectivity index (χ0v) is 15.6. The highest BCUT2D eigenvalue weighted by Crippen LogP contribution is 2.15. The van der Waals surface area contributed by atoms with Crippen LogP contribution >= 0.6 is 0 Å². The molecule has 0 saturated carbocycles. The van der Waals surface area contributed by atoms with Gasteiger partial charge in [-0.15, -0.1) is 0 Å². The number of amides is 1. The molecule has 2 unspecified atom stereocenters. The number of carbonyl (C=O) groups excluding carboxylic acids is 1. The highest BCUT2D eigenvalue weighted by Gasteiger charge is 2.23. The lowest BCUT2D eigenvalue weighted by molar-refractivity contribution is 0.0481. The van der Waals surface area contributed by atoms with Crippen molar-refractivity contribution in [3.05, 3.63) is 30.1 Å². The van der Waals surface area contributed by atoms with E-state index in [1.807, 2.05) is 32.9 Å². The summed E-state index contributed by atoms with van der Waals surface area (Å²) in [7, 11) is 0. The van der Waals surface area contributed by atoms with Crippen LogP contribution in [0.3, 0.4) is 0 Å². The van der Waals surface area contributed by atoms with E-state index in [0.717, 1.165) is 32.4 Å². The number of aliphatic hydroxyl groups excluding tert-OH is 1. The summed E-state index contributed by atoms with van der Waals surface area (Å²) in [6.45, 7) is 8.66. The van der Waals surface area contributed by atoms with Gasteiger partial charge in [0.25, 0.3) is 0 Å². The molecule has 0 aromatic carbocycles. The van der Waals surface area contributed by atoms with Gasteiger partial charge in [0.05, 0.1) is 6.10 Å². The van der Waals surface area contributed by atoms with E-state index in [9.17, 15) is 9.90 Å². The number of pyridine rings is 1. The molecular weight excluding hydrogens is 318 g/mol. The fourth-order valence-electron chi connectivity index (χ4n) is 3.16. The maximum absolute atomic E-state index is 12.0. The third kappa shape index (κ3) is 7.84. The molecule has 25 heavy (non-hydrogen) atoms. The van der Waals surface area contributed by atoms with Crippen molar-refractivity contribution in [3.8, 4) is 0 Å². The van der Waals surface area contributed by atoms with E-state index in [1.54, 1.807) is 12.4 Å². The van der Waals surface area contributed by atoms with Gasteiger partial charge in [-0.3, -0.25) is 4.98 Å². The molecule has 0 spiro atoms. The zero-order chi connectivity index (χ0) is 18.3. The first kappa shape index (κ1) is 19.7. The maximum atomic E-state index is 12.0. The van der Waals surface area contributed by atoms with Crippen molar-refractivity contribution < 1.29 is 14.6 Å². The predicted molar refractivity (Wildman–Crippen MR) is 97.3 cm³/mol. The molecular formula is C19H31N3O3. The standard InChI is InChI=1S/C19H31N3O3/c1-19(2,3)25-18(24)21-12-16(11-15-6-8-20-9-7-15)13-22-10-4-5-17(23)14-22/h6-9,16-17,23H,4-5,10-14H2,1-3H3,(H,21,24). The Morgan fingerprint density at radius 1 is 1.44 bits per heavy atom. The Balaban J connectivity index is 1.92. The highest BCUT2D eigenvalue weighted by atomic mass is 16.6. The number of aliphatic hydroxyl groups is 1. The van der Waals surface area contributed by atoms with E-state index in [-0.39, 0.29) is 18.1 Å².